The Balaban J connectivity index is 2.55. The minimum Gasteiger partial charge on any atom is -0.207 e. The van der Waals surface area contributed by atoms with Gasteiger partial charge in [-0.05, 0) is 17.7 Å². The first-order valence-corrected chi connectivity index (χ1v) is 5.34. The van der Waals surface area contributed by atoms with Gasteiger partial charge < -0.3 is 0 Å². The number of hydrogen-bond acceptors (Lipinski definition) is 1. The highest BCUT2D eigenvalue weighted by molar-refractivity contribution is 7.99. The van der Waals surface area contributed by atoms with Crippen LogP contribution >= 0.6 is 11.8 Å². The topological polar surface area (TPSA) is 0 Å². The Morgan fingerprint density at radius 3 is 2.54 bits per heavy atom. The Hall–Kier alpha value is -0.500. The predicted molar refractivity (Wildman–Crippen MR) is 57.4 cm³/mol. The highest BCUT2D eigenvalue weighted by Gasteiger charge is 2.10. The lowest BCUT2D eigenvalue weighted by atomic mass is 10.2. The average molecular weight is 198 g/mol. The van der Waals surface area contributed by atoms with Crippen LogP contribution in [0.1, 0.15) is 26.3 Å². The molecule has 0 saturated heterocycles. The zero-order valence-corrected chi connectivity index (χ0v) is 9.12. The quantitative estimate of drug-likeness (QED) is 0.695. The second kappa shape index (κ2) is 4.14. The zero-order chi connectivity index (χ0) is 9.90. The summed E-state index contributed by atoms with van der Waals surface area (Å²) >= 11 is 1.83. The van der Waals surface area contributed by atoms with Gasteiger partial charge in [-0.15, -0.1) is 0 Å². The summed E-state index contributed by atoms with van der Waals surface area (Å²) in [5, 5.41) is 0. The van der Waals surface area contributed by atoms with E-state index in [1.807, 2.05) is 17.8 Å². The molecule has 0 saturated carbocycles. The van der Waals surface area contributed by atoms with Crippen LogP contribution in [0, 0.1) is 5.82 Å². The summed E-state index contributed by atoms with van der Waals surface area (Å²) in [6.07, 6.45) is 0. The maximum absolute atomic E-state index is 12.8. The van der Waals surface area contributed by atoms with E-state index in [0.29, 0.717) is 0 Å². The Morgan fingerprint density at radius 2 is 2.00 bits per heavy atom. The van der Waals surface area contributed by atoms with Gasteiger partial charge in [0.2, 0.25) is 0 Å². The van der Waals surface area contributed by atoms with Gasteiger partial charge in [0.05, 0.1) is 0 Å². The first-order chi connectivity index (χ1) is 5.97. The molecule has 0 spiro atoms. The smallest absolute Gasteiger partial charge is 0.123 e. The first-order valence-electron chi connectivity index (χ1n) is 4.36. The van der Waals surface area contributed by atoms with Gasteiger partial charge in [0, 0.05) is 10.5 Å². The van der Waals surface area contributed by atoms with E-state index >= 15 is 0 Å². The van der Waals surface area contributed by atoms with E-state index in [4.69, 9.17) is 0 Å². The van der Waals surface area contributed by atoms with Crippen LogP contribution < -0.4 is 0 Å². The predicted octanol–water partition coefficient (Wildman–Crippen LogP) is 3.86. The minimum absolute atomic E-state index is 0.146. The van der Waals surface area contributed by atoms with Crippen LogP contribution in [0.2, 0.25) is 0 Å². The van der Waals surface area contributed by atoms with Crippen LogP contribution in [-0.4, -0.2) is 4.75 Å². The molecule has 0 aromatic heterocycles. The molecule has 0 nitrogen and oxygen atoms in total. The Labute approximate surface area is 83.5 Å². The molecule has 0 aliphatic carbocycles. The third-order valence-electron chi connectivity index (χ3n) is 1.56. The van der Waals surface area contributed by atoms with E-state index in [-0.39, 0.29) is 10.6 Å². The van der Waals surface area contributed by atoms with Crippen molar-refractivity contribution in [2.24, 2.45) is 0 Å². The SMILES string of the molecule is CC(C)(C)SCc1cccc(F)c1. The fourth-order valence-electron chi connectivity index (χ4n) is 0.927. The van der Waals surface area contributed by atoms with Crippen molar-refractivity contribution in [3.63, 3.8) is 0 Å². The van der Waals surface area contributed by atoms with Gasteiger partial charge in [0.25, 0.3) is 0 Å². The van der Waals surface area contributed by atoms with Crippen LogP contribution in [0.5, 0.6) is 0 Å². The number of thioether (sulfide) groups is 1. The van der Waals surface area contributed by atoms with E-state index in [0.717, 1.165) is 11.3 Å². The molecule has 0 amide bonds. The number of rotatable bonds is 2. The molecular weight excluding hydrogens is 183 g/mol. The summed E-state index contributed by atoms with van der Waals surface area (Å²) < 4.78 is 13.0. The Bertz CT molecular complexity index is 276. The van der Waals surface area contributed by atoms with E-state index in [1.165, 1.54) is 6.07 Å². The lowest BCUT2D eigenvalue weighted by Crippen LogP contribution is -2.07. The molecule has 0 aliphatic heterocycles. The second-order valence-corrected chi connectivity index (χ2v) is 5.83. The third-order valence-corrected chi connectivity index (χ3v) is 2.90. The molecule has 0 aliphatic rings. The van der Waals surface area contributed by atoms with Crippen molar-refractivity contribution in [2.45, 2.75) is 31.3 Å². The van der Waals surface area contributed by atoms with Gasteiger partial charge in [0.15, 0.2) is 0 Å². The number of halogens is 1. The Morgan fingerprint density at radius 1 is 1.31 bits per heavy atom. The molecular formula is C11H15FS. The summed E-state index contributed by atoms with van der Waals surface area (Å²) in [6, 6.07) is 6.79. The highest BCUT2D eigenvalue weighted by atomic mass is 32.2. The van der Waals surface area contributed by atoms with Crippen LogP contribution in [0.4, 0.5) is 4.39 Å². The largest absolute Gasteiger partial charge is 0.207 e. The van der Waals surface area contributed by atoms with Crippen molar-refractivity contribution in [1.82, 2.24) is 0 Å². The van der Waals surface area contributed by atoms with Crippen LogP contribution in [0.15, 0.2) is 24.3 Å². The standard InChI is InChI=1S/C11H15FS/c1-11(2,3)13-8-9-5-4-6-10(12)7-9/h4-7H,8H2,1-3H3. The molecule has 0 radical (unpaired) electrons. The zero-order valence-electron chi connectivity index (χ0n) is 8.30. The lowest BCUT2D eigenvalue weighted by molar-refractivity contribution is 0.626. The van der Waals surface area contributed by atoms with Gasteiger partial charge >= 0.3 is 0 Å². The summed E-state index contributed by atoms with van der Waals surface area (Å²) in [7, 11) is 0. The summed E-state index contributed by atoms with van der Waals surface area (Å²) in [5.74, 6) is 0.730. The average Bonchev–Trinajstić information content (AvgIpc) is 2.00. The molecule has 0 fully saturated rings. The second-order valence-electron chi connectivity index (χ2n) is 4.03. The molecule has 0 N–H and O–H groups in total. The molecule has 0 unspecified atom stereocenters. The van der Waals surface area contributed by atoms with Crippen molar-refractivity contribution in [2.75, 3.05) is 0 Å². The Kier molecular flexibility index (Phi) is 3.37. The monoisotopic (exact) mass is 198 g/mol. The van der Waals surface area contributed by atoms with Crippen LogP contribution in [-0.2, 0) is 5.75 Å². The third kappa shape index (κ3) is 4.32. The van der Waals surface area contributed by atoms with Crippen molar-refractivity contribution < 1.29 is 4.39 Å². The van der Waals surface area contributed by atoms with Gasteiger partial charge in [-0.2, -0.15) is 11.8 Å². The van der Waals surface area contributed by atoms with E-state index in [2.05, 4.69) is 20.8 Å². The molecule has 0 heterocycles. The summed E-state index contributed by atoms with van der Waals surface area (Å²) in [4.78, 5) is 0. The van der Waals surface area contributed by atoms with Crippen LogP contribution in [0.3, 0.4) is 0 Å². The van der Waals surface area contributed by atoms with Crippen LogP contribution in [0.25, 0.3) is 0 Å². The molecule has 72 valence electrons. The molecule has 2 heteroatoms. The fourth-order valence-corrected chi connectivity index (χ4v) is 1.71. The highest BCUT2D eigenvalue weighted by Crippen LogP contribution is 2.27. The molecule has 0 atom stereocenters. The molecule has 1 aromatic rings. The molecule has 1 aromatic carbocycles. The maximum Gasteiger partial charge on any atom is 0.123 e. The molecule has 1 rings (SSSR count). The first kappa shape index (κ1) is 10.6. The van der Waals surface area contributed by atoms with Gasteiger partial charge in [-0.1, -0.05) is 32.9 Å². The molecule has 13 heavy (non-hydrogen) atoms. The van der Waals surface area contributed by atoms with Gasteiger partial charge in [-0.25, -0.2) is 4.39 Å². The van der Waals surface area contributed by atoms with Crippen molar-refractivity contribution in [1.29, 1.82) is 0 Å². The fraction of sp³-hybridized carbons (Fsp3) is 0.455. The van der Waals surface area contributed by atoms with Crippen molar-refractivity contribution in [3.8, 4) is 0 Å². The van der Waals surface area contributed by atoms with E-state index in [9.17, 15) is 4.39 Å². The minimum atomic E-state index is -0.146. The van der Waals surface area contributed by atoms with E-state index < -0.39 is 0 Å². The normalized spacial score (nSPS) is 11.7. The number of benzene rings is 1. The molecule has 0 bridgehead atoms. The number of hydrogen-bond donors (Lipinski definition) is 0. The maximum atomic E-state index is 12.8. The van der Waals surface area contributed by atoms with Crippen molar-refractivity contribution >= 4 is 11.8 Å². The lowest BCUT2D eigenvalue weighted by Gasteiger charge is -2.17. The van der Waals surface area contributed by atoms with Crippen molar-refractivity contribution in [3.05, 3.63) is 35.6 Å². The van der Waals surface area contributed by atoms with Gasteiger partial charge in [0.1, 0.15) is 5.82 Å². The summed E-state index contributed by atoms with van der Waals surface area (Å²) in [5.41, 5.74) is 1.06. The summed E-state index contributed by atoms with van der Waals surface area (Å²) in [6.45, 7) is 6.49. The van der Waals surface area contributed by atoms with E-state index in [1.54, 1.807) is 12.1 Å². The van der Waals surface area contributed by atoms with Gasteiger partial charge in [-0.3, -0.25) is 0 Å².